The van der Waals surface area contributed by atoms with Crippen LogP contribution in [-0.4, -0.2) is 5.91 Å². The summed E-state index contributed by atoms with van der Waals surface area (Å²) in [6.45, 7) is 0. The Morgan fingerprint density at radius 2 is 1.29 bits per heavy atom. The van der Waals surface area contributed by atoms with Gasteiger partial charge in [-0.15, -0.1) is 0 Å². The van der Waals surface area contributed by atoms with Gasteiger partial charge in [-0.1, -0.05) is 78.9 Å². The maximum absolute atomic E-state index is 13.0. The maximum atomic E-state index is 13.0. The number of nitrogens with one attached hydrogen (secondary N) is 1. The molecule has 5 aromatic carbocycles. The van der Waals surface area contributed by atoms with Gasteiger partial charge in [-0.3, -0.25) is 4.79 Å². The van der Waals surface area contributed by atoms with Crippen LogP contribution >= 0.6 is 0 Å². The standard InChI is InChI=1S/C28H18N2O/c29-18-23(28(31)30-24-14-13-19-7-1-2-8-20(19)16-24)17-27-25-11-5-3-9-21(25)15-22-10-4-6-12-26(22)27/h1-17H,(H,30,31)/b23-17+. The molecule has 0 bridgehead atoms. The quantitative estimate of drug-likeness (QED) is 0.209. The Morgan fingerprint density at radius 3 is 1.94 bits per heavy atom. The zero-order valence-electron chi connectivity index (χ0n) is 16.7. The van der Waals surface area contributed by atoms with E-state index in [1.807, 2.05) is 91.0 Å². The fraction of sp³-hybridized carbons (Fsp3) is 0. The third-order valence-corrected chi connectivity index (χ3v) is 5.47. The molecule has 0 aliphatic rings. The van der Waals surface area contributed by atoms with E-state index in [1.165, 1.54) is 0 Å². The van der Waals surface area contributed by atoms with Crippen LogP contribution in [0.2, 0.25) is 0 Å². The third-order valence-electron chi connectivity index (χ3n) is 5.47. The summed E-state index contributed by atoms with van der Waals surface area (Å²) >= 11 is 0. The molecule has 0 saturated carbocycles. The van der Waals surface area contributed by atoms with Crippen LogP contribution in [0.3, 0.4) is 0 Å². The number of carbonyl (C=O) groups is 1. The minimum absolute atomic E-state index is 0.0645. The Kier molecular flexibility index (Phi) is 4.67. The van der Waals surface area contributed by atoms with Gasteiger partial charge in [-0.25, -0.2) is 0 Å². The molecule has 0 radical (unpaired) electrons. The van der Waals surface area contributed by atoms with E-state index in [0.29, 0.717) is 5.69 Å². The third kappa shape index (κ3) is 3.52. The molecule has 0 spiro atoms. The van der Waals surface area contributed by atoms with Gasteiger partial charge in [-0.05, 0) is 62.2 Å². The Balaban J connectivity index is 1.58. The van der Waals surface area contributed by atoms with E-state index < -0.39 is 5.91 Å². The topological polar surface area (TPSA) is 52.9 Å². The minimum Gasteiger partial charge on any atom is -0.321 e. The van der Waals surface area contributed by atoms with E-state index >= 15 is 0 Å². The summed E-state index contributed by atoms with van der Waals surface area (Å²) in [6, 6.07) is 33.9. The van der Waals surface area contributed by atoms with Gasteiger partial charge in [0.15, 0.2) is 0 Å². The molecule has 3 heteroatoms. The molecule has 0 fully saturated rings. The van der Waals surface area contributed by atoms with Gasteiger partial charge in [0.05, 0.1) is 0 Å². The van der Waals surface area contributed by atoms with Crippen molar-refractivity contribution in [2.75, 3.05) is 5.32 Å². The predicted molar refractivity (Wildman–Crippen MR) is 128 cm³/mol. The van der Waals surface area contributed by atoms with Gasteiger partial charge < -0.3 is 5.32 Å². The second-order valence-corrected chi connectivity index (χ2v) is 7.42. The molecule has 0 heterocycles. The van der Waals surface area contributed by atoms with E-state index in [2.05, 4.69) is 17.5 Å². The summed E-state index contributed by atoms with van der Waals surface area (Å²) in [5.41, 5.74) is 1.60. The fourth-order valence-electron chi connectivity index (χ4n) is 3.96. The number of nitriles is 1. The van der Waals surface area contributed by atoms with Crippen molar-refractivity contribution < 1.29 is 4.79 Å². The molecule has 1 N–H and O–H groups in total. The molecule has 0 aliphatic heterocycles. The van der Waals surface area contributed by atoms with Crippen molar-refractivity contribution in [3.63, 3.8) is 0 Å². The molecule has 0 aromatic heterocycles. The number of amides is 1. The Labute approximate surface area is 179 Å². The van der Waals surface area contributed by atoms with Crippen LogP contribution in [0.5, 0.6) is 0 Å². The number of rotatable bonds is 3. The smallest absolute Gasteiger partial charge is 0.266 e. The van der Waals surface area contributed by atoms with Crippen molar-refractivity contribution in [1.29, 1.82) is 5.26 Å². The summed E-state index contributed by atoms with van der Waals surface area (Å²) < 4.78 is 0. The molecule has 0 saturated heterocycles. The lowest BCUT2D eigenvalue weighted by Crippen LogP contribution is -2.13. The average Bonchev–Trinajstić information content (AvgIpc) is 2.81. The van der Waals surface area contributed by atoms with Crippen molar-refractivity contribution in [1.82, 2.24) is 0 Å². The first-order valence-electron chi connectivity index (χ1n) is 10.1. The second kappa shape index (κ2) is 7.78. The van der Waals surface area contributed by atoms with Gasteiger partial charge in [0.1, 0.15) is 11.6 Å². The Morgan fingerprint density at radius 1 is 0.710 bits per heavy atom. The monoisotopic (exact) mass is 398 g/mol. The van der Waals surface area contributed by atoms with Crippen molar-refractivity contribution in [3.05, 3.63) is 108 Å². The molecule has 5 aromatic rings. The first-order chi connectivity index (χ1) is 15.2. The van der Waals surface area contributed by atoms with Gasteiger partial charge in [0, 0.05) is 5.69 Å². The van der Waals surface area contributed by atoms with Crippen molar-refractivity contribution in [2.24, 2.45) is 0 Å². The van der Waals surface area contributed by atoms with E-state index in [-0.39, 0.29) is 5.57 Å². The molecular formula is C28H18N2O. The highest BCUT2D eigenvalue weighted by Gasteiger charge is 2.13. The minimum atomic E-state index is -0.421. The Hall–Kier alpha value is -4.42. The molecule has 3 nitrogen and oxygen atoms in total. The number of anilines is 1. The molecule has 0 atom stereocenters. The van der Waals surface area contributed by atoms with Crippen LogP contribution in [0.4, 0.5) is 5.69 Å². The van der Waals surface area contributed by atoms with Gasteiger partial charge in [0.25, 0.3) is 5.91 Å². The highest BCUT2D eigenvalue weighted by Crippen LogP contribution is 2.30. The van der Waals surface area contributed by atoms with Gasteiger partial charge in [-0.2, -0.15) is 5.26 Å². The lowest BCUT2D eigenvalue weighted by atomic mass is 9.95. The van der Waals surface area contributed by atoms with Crippen LogP contribution in [0, 0.1) is 11.3 Å². The van der Waals surface area contributed by atoms with Gasteiger partial charge >= 0.3 is 0 Å². The summed E-state index contributed by atoms with van der Waals surface area (Å²) in [5.74, 6) is -0.421. The predicted octanol–water partition coefficient (Wildman–Crippen LogP) is 6.69. The number of nitrogens with zero attached hydrogens (tertiary/aromatic N) is 1. The lowest BCUT2D eigenvalue weighted by Gasteiger charge is -2.10. The van der Waals surface area contributed by atoms with Crippen LogP contribution in [0.25, 0.3) is 38.4 Å². The molecular weight excluding hydrogens is 380 g/mol. The zero-order chi connectivity index (χ0) is 21.2. The molecule has 0 aliphatic carbocycles. The number of fused-ring (bicyclic) bond motifs is 3. The second-order valence-electron chi connectivity index (χ2n) is 7.42. The summed E-state index contributed by atoms with van der Waals surface area (Å²) in [6.07, 6.45) is 1.70. The van der Waals surface area contributed by atoms with Crippen LogP contribution in [0.15, 0.2) is 103 Å². The van der Waals surface area contributed by atoms with Gasteiger partial charge in [0.2, 0.25) is 0 Å². The summed E-state index contributed by atoms with van der Waals surface area (Å²) in [7, 11) is 0. The molecule has 1 amide bonds. The SMILES string of the molecule is N#C/C(=C\c1c2ccccc2cc2ccccc12)C(=O)Nc1ccc2ccccc2c1. The largest absolute Gasteiger partial charge is 0.321 e. The maximum Gasteiger partial charge on any atom is 0.266 e. The van der Waals surface area contributed by atoms with E-state index in [4.69, 9.17) is 0 Å². The summed E-state index contributed by atoms with van der Waals surface area (Å²) in [5, 5.41) is 18.9. The number of hydrogen-bond acceptors (Lipinski definition) is 2. The fourth-order valence-corrected chi connectivity index (χ4v) is 3.96. The molecule has 0 unspecified atom stereocenters. The highest BCUT2D eigenvalue weighted by atomic mass is 16.1. The van der Waals surface area contributed by atoms with Crippen LogP contribution < -0.4 is 5.32 Å². The number of hydrogen-bond donors (Lipinski definition) is 1. The van der Waals surface area contributed by atoms with Crippen molar-refractivity contribution >= 4 is 50.0 Å². The molecule has 5 rings (SSSR count). The van der Waals surface area contributed by atoms with Crippen LogP contribution in [0.1, 0.15) is 5.56 Å². The molecule has 146 valence electrons. The van der Waals surface area contributed by atoms with E-state index in [1.54, 1.807) is 6.08 Å². The molecule has 31 heavy (non-hydrogen) atoms. The summed E-state index contributed by atoms with van der Waals surface area (Å²) in [4.78, 5) is 13.0. The Bertz CT molecular complexity index is 1490. The van der Waals surface area contributed by atoms with Crippen LogP contribution in [-0.2, 0) is 4.79 Å². The number of carbonyl (C=O) groups excluding carboxylic acids is 1. The van der Waals surface area contributed by atoms with Crippen molar-refractivity contribution in [2.45, 2.75) is 0 Å². The zero-order valence-corrected chi connectivity index (χ0v) is 16.7. The van der Waals surface area contributed by atoms with Crippen molar-refractivity contribution in [3.8, 4) is 6.07 Å². The first-order valence-corrected chi connectivity index (χ1v) is 10.1. The lowest BCUT2D eigenvalue weighted by molar-refractivity contribution is -0.112. The number of benzene rings is 5. The van der Waals surface area contributed by atoms with E-state index in [9.17, 15) is 10.1 Å². The van der Waals surface area contributed by atoms with E-state index in [0.717, 1.165) is 37.9 Å². The highest BCUT2D eigenvalue weighted by molar-refractivity contribution is 6.14. The average molecular weight is 398 g/mol. The first kappa shape index (κ1) is 18.6. The normalized spacial score (nSPS) is 11.5.